The first kappa shape index (κ1) is 24.3. The lowest BCUT2D eigenvalue weighted by molar-refractivity contribution is -0.117. The quantitative estimate of drug-likeness (QED) is 0.307. The number of amides is 2. The zero-order valence-electron chi connectivity index (χ0n) is 20.4. The highest BCUT2D eigenvalue weighted by Gasteiger charge is 2.18. The molecule has 8 heteroatoms. The van der Waals surface area contributed by atoms with Gasteiger partial charge in [-0.15, -0.1) is 0 Å². The fraction of sp³-hybridized carbons (Fsp3) is 0.0333. The van der Waals surface area contributed by atoms with Crippen LogP contribution in [0.25, 0.3) is 23.0 Å². The number of hydrogen-bond donors (Lipinski definition) is 2. The van der Waals surface area contributed by atoms with Gasteiger partial charge in [0.05, 0.1) is 5.69 Å². The van der Waals surface area contributed by atoms with Crippen molar-refractivity contribution in [3.63, 3.8) is 0 Å². The average molecular weight is 501 g/mol. The maximum Gasteiger partial charge on any atom is 0.268 e. The molecule has 0 atom stereocenters. The van der Waals surface area contributed by atoms with Crippen LogP contribution in [-0.4, -0.2) is 31.6 Å². The van der Waals surface area contributed by atoms with Gasteiger partial charge in [-0.1, -0.05) is 42.5 Å². The normalized spacial score (nSPS) is 11.1. The minimum atomic E-state index is -0.442. The molecule has 0 bridgehead atoms. The summed E-state index contributed by atoms with van der Waals surface area (Å²) in [7, 11) is 0. The van der Waals surface area contributed by atoms with E-state index in [1.165, 1.54) is 0 Å². The van der Waals surface area contributed by atoms with Crippen LogP contribution in [0.5, 0.6) is 0 Å². The number of carbonyl (C=O) groups is 2. The highest BCUT2D eigenvalue weighted by Crippen LogP contribution is 2.25. The molecule has 0 radical (unpaired) electrons. The lowest BCUT2D eigenvalue weighted by Crippen LogP contribution is -2.34. The van der Waals surface area contributed by atoms with E-state index >= 15 is 0 Å². The van der Waals surface area contributed by atoms with Gasteiger partial charge in [-0.2, -0.15) is 5.10 Å². The molecule has 3 heterocycles. The molecular weight excluding hydrogens is 476 g/mol. The molecule has 5 aromatic rings. The van der Waals surface area contributed by atoms with Crippen LogP contribution >= 0.6 is 0 Å². The Morgan fingerprint density at radius 1 is 0.816 bits per heavy atom. The number of hydrogen-bond acceptors (Lipinski definition) is 5. The van der Waals surface area contributed by atoms with Gasteiger partial charge in [0.25, 0.3) is 11.8 Å². The molecule has 2 N–H and O–H groups in total. The van der Waals surface area contributed by atoms with E-state index in [1.54, 1.807) is 65.9 Å². The van der Waals surface area contributed by atoms with E-state index in [0.717, 1.165) is 16.8 Å². The van der Waals surface area contributed by atoms with Gasteiger partial charge in [0.15, 0.2) is 0 Å². The standard InChI is InChI=1S/C30H24N6O2/c37-29(23-10-3-1-4-11-23)34-27(30(38)33-19-22-9-7-15-31-18-22)17-25-21-36(26-13-5-2-6-14-26)35-28(25)24-12-8-16-32-20-24/h1-18,20-21H,19H2,(H,33,38)(H,34,37). The Balaban J connectivity index is 1.54. The molecule has 0 fully saturated rings. The first-order valence-corrected chi connectivity index (χ1v) is 12.0. The van der Waals surface area contributed by atoms with Crippen molar-refractivity contribution in [2.45, 2.75) is 6.54 Å². The summed E-state index contributed by atoms with van der Waals surface area (Å²) in [6.45, 7) is 0.254. The van der Waals surface area contributed by atoms with Crippen molar-refractivity contribution < 1.29 is 9.59 Å². The first-order chi connectivity index (χ1) is 18.7. The van der Waals surface area contributed by atoms with Crippen LogP contribution in [0.1, 0.15) is 21.5 Å². The Morgan fingerprint density at radius 2 is 1.53 bits per heavy atom. The number of nitrogens with one attached hydrogen (secondary N) is 2. The molecule has 3 aromatic heterocycles. The highest BCUT2D eigenvalue weighted by molar-refractivity contribution is 6.05. The second-order valence-corrected chi connectivity index (χ2v) is 8.38. The van der Waals surface area contributed by atoms with Crippen molar-refractivity contribution in [3.05, 3.63) is 138 Å². The topological polar surface area (TPSA) is 102 Å². The predicted molar refractivity (Wildman–Crippen MR) is 145 cm³/mol. The van der Waals surface area contributed by atoms with E-state index in [2.05, 4.69) is 20.6 Å². The van der Waals surface area contributed by atoms with Gasteiger partial charge in [0, 0.05) is 54.2 Å². The highest BCUT2D eigenvalue weighted by atomic mass is 16.2. The number of aromatic nitrogens is 4. The van der Waals surface area contributed by atoms with Crippen molar-refractivity contribution in [2.75, 3.05) is 0 Å². The third kappa shape index (κ3) is 5.88. The zero-order chi connectivity index (χ0) is 26.2. The summed E-state index contributed by atoms with van der Waals surface area (Å²) in [4.78, 5) is 34.7. The molecule has 8 nitrogen and oxygen atoms in total. The van der Waals surface area contributed by atoms with E-state index < -0.39 is 11.8 Å². The molecular formula is C30H24N6O2. The van der Waals surface area contributed by atoms with Crippen molar-refractivity contribution >= 4 is 17.9 Å². The summed E-state index contributed by atoms with van der Waals surface area (Å²) in [5.74, 6) is -0.838. The van der Waals surface area contributed by atoms with Crippen molar-refractivity contribution in [2.24, 2.45) is 0 Å². The summed E-state index contributed by atoms with van der Waals surface area (Å²) >= 11 is 0. The lowest BCUT2D eigenvalue weighted by atomic mass is 10.1. The van der Waals surface area contributed by atoms with Crippen LogP contribution in [0.4, 0.5) is 0 Å². The molecule has 5 rings (SSSR count). The third-order valence-corrected chi connectivity index (χ3v) is 5.70. The van der Waals surface area contributed by atoms with E-state index in [1.807, 2.05) is 60.8 Å². The maximum atomic E-state index is 13.4. The Bertz CT molecular complexity index is 1550. The van der Waals surface area contributed by atoms with E-state index in [-0.39, 0.29) is 12.2 Å². The number of rotatable bonds is 8. The Morgan fingerprint density at radius 3 is 2.21 bits per heavy atom. The van der Waals surface area contributed by atoms with Crippen molar-refractivity contribution in [3.8, 4) is 16.9 Å². The van der Waals surface area contributed by atoms with Crippen LogP contribution in [0, 0.1) is 0 Å². The van der Waals surface area contributed by atoms with Crippen molar-refractivity contribution in [1.29, 1.82) is 0 Å². The summed E-state index contributed by atoms with van der Waals surface area (Å²) in [5.41, 5.74) is 4.25. The Labute approximate surface area is 219 Å². The van der Waals surface area contributed by atoms with Crippen molar-refractivity contribution in [1.82, 2.24) is 30.4 Å². The molecule has 2 aromatic carbocycles. The third-order valence-electron chi connectivity index (χ3n) is 5.70. The monoisotopic (exact) mass is 500 g/mol. The van der Waals surface area contributed by atoms with Gasteiger partial charge in [0.2, 0.25) is 0 Å². The van der Waals surface area contributed by atoms with E-state index in [0.29, 0.717) is 16.8 Å². The molecule has 0 aliphatic carbocycles. The van der Waals surface area contributed by atoms with Gasteiger partial charge in [-0.05, 0) is 54.1 Å². The van der Waals surface area contributed by atoms with Gasteiger partial charge >= 0.3 is 0 Å². The van der Waals surface area contributed by atoms with Crippen LogP contribution in [0.15, 0.2) is 122 Å². The fourth-order valence-electron chi connectivity index (χ4n) is 3.81. The van der Waals surface area contributed by atoms with E-state index in [4.69, 9.17) is 5.10 Å². The molecule has 0 aliphatic heterocycles. The lowest BCUT2D eigenvalue weighted by Gasteiger charge is -2.11. The smallest absolute Gasteiger partial charge is 0.268 e. The summed E-state index contributed by atoms with van der Waals surface area (Å²) in [6, 6.07) is 25.8. The number of nitrogens with zero attached hydrogens (tertiary/aromatic N) is 4. The molecule has 0 aliphatic rings. The summed E-state index contributed by atoms with van der Waals surface area (Å²) < 4.78 is 1.73. The number of benzene rings is 2. The largest absolute Gasteiger partial charge is 0.347 e. The molecule has 0 saturated heterocycles. The van der Waals surface area contributed by atoms with Crippen LogP contribution in [0.2, 0.25) is 0 Å². The second kappa shape index (κ2) is 11.6. The molecule has 0 spiro atoms. The molecule has 0 unspecified atom stereocenters. The van der Waals surface area contributed by atoms with Gasteiger partial charge in [-0.25, -0.2) is 4.68 Å². The minimum Gasteiger partial charge on any atom is -0.347 e. The first-order valence-electron chi connectivity index (χ1n) is 12.0. The average Bonchev–Trinajstić information content (AvgIpc) is 3.41. The molecule has 0 saturated carbocycles. The Hall–Kier alpha value is -5.37. The molecule has 186 valence electrons. The zero-order valence-corrected chi connectivity index (χ0v) is 20.4. The van der Waals surface area contributed by atoms with Crippen LogP contribution in [0.3, 0.4) is 0 Å². The SMILES string of the molecule is O=C(NCc1cccnc1)C(=Cc1cn(-c2ccccc2)nc1-c1cccnc1)NC(=O)c1ccccc1. The maximum absolute atomic E-state index is 13.4. The number of para-hydroxylation sites is 1. The number of pyridine rings is 2. The second-order valence-electron chi connectivity index (χ2n) is 8.38. The van der Waals surface area contributed by atoms with Crippen LogP contribution < -0.4 is 10.6 Å². The molecule has 38 heavy (non-hydrogen) atoms. The van der Waals surface area contributed by atoms with Gasteiger partial charge in [-0.3, -0.25) is 19.6 Å². The van der Waals surface area contributed by atoms with Gasteiger partial charge in [0.1, 0.15) is 11.4 Å². The minimum absolute atomic E-state index is 0.0838. The molecule has 2 amide bonds. The van der Waals surface area contributed by atoms with E-state index in [9.17, 15) is 9.59 Å². The summed E-state index contributed by atoms with van der Waals surface area (Å²) in [5, 5.41) is 10.4. The van der Waals surface area contributed by atoms with Crippen LogP contribution in [-0.2, 0) is 11.3 Å². The summed E-state index contributed by atoms with van der Waals surface area (Å²) in [6.07, 6.45) is 10.2. The fourth-order valence-corrected chi connectivity index (χ4v) is 3.81. The predicted octanol–water partition coefficient (Wildman–Crippen LogP) is 4.42. The van der Waals surface area contributed by atoms with Gasteiger partial charge < -0.3 is 10.6 Å². The number of carbonyl (C=O) groups excluding carboxylic acids is 2. The Kier molecular flexibility index (Phi) is 7.41.